The zero-order valence-electron chi connectivity index (χ0n) is 34.6. The summed E-state index contributed by atoms with van der Waals surface area (Å²) in [5, 5.41) is 50.6. The van der Waals surface area contributed by atoms with Gasteiger partial charge in [0, 0.05) is 13.0 Å². The second-order valence-electron chi connectivity index (χ2n) is 13.6. The van der Waals surface area contributed by atoms with Crippen LogP contribution in [0.15, 0.2) is 4.99 Å². The van der Waals surface area contributed by atoms with Crippen LogP contribution in [-0.4, -0.2) is 183 Å². The van der Waals surface area contributed by atoms with Crippen molar-refractivity contribution >= 4 is 66.0 Å². The summed E-state index contributed by atoms with van der Waals surface area (Å²) in [6, 6.07) is -7.91. The van der Waals surface area contributed by atoms with Gasteiger partial charge in [0.15, 0.2) is 0 Å². The van der Waals surface area contributed by atoms with Crippen molar-refractivity contribution < 1.29 is 87.3 Å². The molecule has 6 amide bonds. The van der Waals surface area contributed by atoms with Crippen LogP contribution in [0.5, 0.6) is 0 Å². The molecule has 0 saturated heterocycles. The molecule has 0 radical (unpaired) electrons. The molecule has 346 valence electrons. The molecule has 25 heteroatoms. The van der Waals surface area contributed by atoms with Crippen LogP contribution in [0.1, 0.15) is 53.4 Å². The molecule has 0 aliphatic heterocycles. The Labute approximate surface area is 351 Å². The summed E-state index contributed by atoms with van der Waals surface area (Å²) in [4.78, 5) is 126. The molecule has 6 atom stereocenters. The van der Waals surface area contributed by atoms with E-state index in [9.17, 15) is 63.3 Å². The first-order valence-electron chi connectivity index (χ1n) is 19.1. The molecule has 0 aliphatic carbocycles. The standard InChI is InChI=1S/C36H59N7O18/c1-20(2)29(42-32(52)23(6-7-26(45)46)41-33(53)24(18-28(49)50)40-25(44)19-37-5)34(54)43-30(21(3)36(56)57)35(55)39-22(4)31(51)38-9-11-59-13-15-61-17-16-60-14-12-58-10-8-27(47)48/h20-24,29-30H,5-19H2,1-4H3,(H,38,51)(H,39,55)(H,40,44)(H,41,53)(H,42,52)(H,43,54)(H,45,46)(H,47,48)(H,49,50)(H,56,57)/t21-,22+,23?,24+,29+,30?/m1/s1. The fourth-order valence-electron chi connectivity index (χ4n) is 4.82. The van der Waals surface area contributed by atoms with Crippen molar-refractivity contribution in [2.24, 2.45) is 16.8 Å². The summed E-state index contributed by atoms with van der Waals surface area (Å²) in [5.41, 5.74) is 0. The van der Waals surface area contributed by atoms with E-state index in [0.717, 1.165) is 6.92 Å². The highest BCUT2D eigenvalue weighted by Gasteiger charge is 2.37. The number of hydrogen-bond acceptors (Lipinski definition) is 15. The number of carboxylic acid groups (broad SMARTS) is 4. The molecule has 61 heavy (non-hydrogen) atoms. The Balaban J connectivity index is 5.36. The molecule has 0 bridgehead atoms. The highest BCUT2D eigenvalue weighted by atomic mass is 16.6. The maximum atomic E-state index is 13.5. The molecule has 0 aromatic carbocycles. The molecule has 0 spiro atoms. The first-order chi connectivity index (χ1) is 28.7. The maximum absolute atomic E-state index is 13.5. The third-order valence-corrected chi connectivity index (χ3v) is 8.16. The average molecular weight is 878 g/mol. The lowest BCUT2D eigenvalue weighted by molar-refractivity contribution is -0.146. The quantitative estimate of drug-likeness (QED) is 0.0218. The van der Waals surface area contributed by atoms with Gasteiger partial charge in [0.2, 0.25) is 35.4 Å². The third-order valence-electron chi connectivity index (χ3n) is 8.16. The molecule has 10 N–H and O–H groups in total. The Bertz CT molecular complexity index is 1500. The van der Waals surface area contributed by atoms with E-state index < -0.39 is 127 Å². The second kappa shape index (κ2) is 31.1. The third kappa shape index (κ3) is 25.4. The van der Waals surface area contributed by atoms with E-state index in [1.807, 2.05) is 0 Å². The number of nitrogens with zero attached hydrogens (tertiary/aromatic N) is 1. The summed E-state index contributed by atoms with van der Waals surface area (Å²) in [6.45, 7) is 9.66. The van der Waals surface area contributed by atoms with Crippen molar-refractivity contribution in [2.75, 3.05) is 65.9 Å². The van der Waals surface area contributed by atoms with Gasteiger partial charge in [-0.3, -0.25) is 52.9 Å². The number of carbonyl (C=O) groups is 10. The highest BCUT2D eigenvalue weighted by molar-refractivity contribution is 5.98. The van der Waals surface area contributed by atoms with Crippen LogP contribution in [0.3, 0.4) is 0 Å². The van der Waals surface area contributed by atoms with E-state index in [0.29, 0.717) is 0 Å². The number of hydrogen-bond donors (Lipinski definition) is 10. The van der Waals surface area contributed by atoms with E-state index >= 15 is 0 Å². The smallest absolute Gasteiger partial charge is 0.308 e. The first kappa shape index (κ1) is 55.2. The zero-order valence-corrected chi connectivity index (χ0v) is 34.6. The van der Waals surface area contributed by atoms with Gasteiger partial charge in [0.1, 0.15) is 36.8 Å². The fraction of sp³-hybridized carbons (Fsp3) is 0.694. The van der Waals surface area contributed by atoms with Gasteiger partial charge in [-0.2, -0.15) is 0 Å². The highest BCUT2D eigenvalue weighted by Crippen LogP contribution is 2.10. The number of amides is 6. The van der Waals surface area contributed by atoms with E-state index in [1.54, 1.807) is 0 Å². The largest absolute Gasteiger partial charge is 0.481 e. The molecular weight excluding hydrogens is 818 g/mol. The Morgan fingerprint density at radius 3 is 1.52 bits per heavy atom. The predicted octanol–water partition coefficient (Wildman–Crippen LogP) is -3.50. The molecule has 0 fully saturated rings. The van der Waals surface area contributed by atoms with Gasteiger partial charge < -0.3 is 71.3 Å². The average Bonchev–Trinajstić information content (AvgIpc) is 3.17. The van der Waals surface area contributed by atoms with Crippen LogP contribution in [0.2, 0.25) is 0 Å². The Hall–Kier alpha value is -5.79. The Morgan fingerprint density at radius 2 is 1.03 bits per heavy atom. The summed E-state index contributed by atoms with van der Waals surface area (Å²) in [7, 11) is 0. The van der Waals surface area contributed by atoms with E-state index in [2.05, 4.69) is 43.6 Å². The summed E-state index contributed by atoms with van der Waals surface area (Å²) < 4.78 is 21.1. The number of rotatable bonds is 35. The summed E-state index contributed by atoms with van der Waals surface area (Å²) >= 11 is 0. The minimum atomic E-state index is -1.78. The molecule has 25 nitrogen and oxygen atoms in total. The molecule has 0 heterocycles. The molecule has 0 saturated carbocycles. The summed E-state index contributed by atoms with van der Waals surface area (Å²) in [5.74, 6) is -13.6. The maximum Gasteiger partial charge on any atom is 0.308 e. The van der Waals surface area contributed by atoms with E-state index in [1.165, 1.54) is 20.8 Å². The van der Waals surface area contributed by atoms with Crippen LogP contribution in [0.4, 0.5) is 0 Å². The SMILES string of the molecule is C=NCC(=O)N[C@@H](CC(=O)O)C(=O)NC(CCC(=O)O)C(=O)N[C@H](C(=O)NC(C(=O)N[C@@H](C)C(=O)NCCOCCOCCOCCOCCC(=O)O)[C@@H](C)C(=O)O)C(C)C. The van der Waals surface area contributed by atoms with Crippen LogP contribution in [0, 0.1) is 11.8 Å². The number of ether oxygens (including phenoxy) is 4. The van der Waals surface area contributed by atoms with Gasteiger partial charge in [-0.25, -0.2) is 0 Å². The minimum Gasteiger partial charge on any atom is -0.481 e. The monoisotopic (exact) mass is 877 g/mol. The van der Waals surface area contributed by atoms with Gasteiger partial charge in [0.05, 0.1) is 71.6 Å². The van der Waals surface area contributed by atoms with Crippen LogP contribution >= 0.6 is 0 Å². The lowest BCUT2D eigenvalue weighted by Gasteiger charge is -2.29. The molecule has 0 aliphatic rings. The van der Waals surface area contributed by atoms with Crippen LogP contribution < -0.4 is 31.9 Å². The van der Waals surface area contributed by atoms with Crippen molar-refractivity contribution in [1.29, 1.82) is 0 Å². The number of nitrogens with one attached hydrogen (secondary N) is 6. The van der Waals surface area contributed by atoms with E-state index in [4.69, 9.17) is 24.1 Å². The van der Waals surface area contributed by atoms with Gasteiger partial charge in [-0.1, -0.05) is 13.8 Å². The van der Waals surface area contributed by atoms with Crippen molar-refractivity contribution in [3.05, 3.63) is 0 Å². The second-order valence-corrected chi connectivity index (χ2v) is 13.6. The molecule has 0 aromatic rings. The minimum absolute atomic E-state index is 0.0288. The van der Waals surface area contributed by atoms with Gasteiger partial charge in [-0.15, -0.1) is 0 Å². The van der Waals surface area contributed by atoms with Crippen LogP contribution in [0.25, 0.3) is 0 Å². The number of aliphatic imine (C=N–C) groups is 1. The van der Waals surface area contributed by atoms with Crippen molar-refractivity contribution in [3.63, 3.8) is 0 Å². The Kier molecular flexibility index (Phi) is 28.2. The van der Waals surface area contributed by atoms with Crippen LogP contribution in [-0.2, 0) is 66.9 Å². The lowest BCUT2D eigenvalue weighted by Crippen LogP contribution is -2.61. The zero-order chi connectivity index (χ0) is 46.5. The molecular formula is C36H59N7O18. The van der Waals surface area contributed by atoms with E-state index in [-0.39, 0.29) is 65.8 Å². The Morgan fingerprint density at radius 1 is 0.541 bits per heavy atom. The van der Waals surface area contributed by atoms with Gasteiger partial charge in [0.25, 0.3) is 0 Å². The van der Waals surface area contributed by atoms with Crippen molar-refractivity contribution in [2.45, 2.75) is 83.6 Å². The summed E-state index contributed by atoms with van der Waals surface area (Å²) in [6.07, 6.45) is -2.23. The van der Waals surface area contributed by atoms with Crippen molar-refractivity contribution in [3.8, 4) is 0 Å². The number of aliphatic carboxylic acids is 4. The predicted molar refractivity (Wildman–Crippen MR) is 209 cm³/mol. The topological polar surface area (TPSA) is 373 Å². The van der Waals surface area contributed by atoms with Crippen molar-refractivity contribution in [1.82, 2.24) is 31.9 Å². The van der Waals surface area contributed by atoms with Gasteiger partial charge in [-0.05, 0) is 32.9 Å². The molecule has 0 aromatic heterocycles. The lowest BCUT2D eigenvalue weighted by atomic mass is 9.97. The number of carboxylic acids is 4. The normalized spacial score (nSPS) is 13.9. The van der Waals surface area contributed by atoms with Gasteiger partial charge >= 0.3 is 23.9 Å². The molecule has 2 unspecified atom stereocenters. The molecule has 0 rings (SSSR count). The first-order valence-corrected chi connectivity index (χ1v) is 19.1. The fourth-order valence-corrected chi connectivity index (χ4v) is 4.82. The number of carbonyl (C=O) groups excluding carboxylic acids is 6.